The molecule has 5 nitrogen and oxygen atoms in total. The number of aliphatic hydroxyl groups is 1. The largest absolute Gasteiger partial charge is 0.507 e. The highest BCUT2D eigenvalue weighted by atomic mass is 35.5. The number of carbonyl (C=O) groups excluding carboxylic acids is 2. The molecular weight excluding hydrogens is 397 g/mol. The lowest BCUT2D eigenvalue weighted by Crippen LogP contribution is -2.36. The average molecular weight is 416 g/mol. The molecule has 4 rings (SSSR count). The van der Waals surface area contributed by atoms with Gasteiger partial charge < -0.3 is 14.7 Å². The van der Waals surface area contributed by atoms with E-state index in [1.54, 1.807) is 30.3 Å². The molecule has 2 aliphatic heterocycles. The van der Waals surface area contributed by atoms with Gasteiger partial charge in [-0.3, -0.25) is 9.59 Å². The van der Waals surface area contributed by atoms with Crippen molar-refractivity contribution >= 4 is 29.1 Å². The van der Waals surface area contributed by atoms with Gasteiger partial charge in [0.2, 0.25) is 0 Å². The van der Waals surface area contributed by atoms with Crippen LogP contribution in [0.25, 0.3) is 5.76 Å². The summed E-state index contributed by atoms with van der Waals surface area (Å²) in [5, 5.41) is 11.3. The van der Waals surface area contributed by atoms with Gasteiger partial charge in [0.15, 0.2) is 0 Å². The van der Waals surface area contributed by atoms with E-state index in [0.717, 1.165) is 12.8 Å². The Labute approximate surface area is 172 Å². The zero-order valence-corrected chi connectivity index (χ0v) is 16.2. The zero-order valence-electron chi connectivity index (χ0n) is 15.5. The van der Waals surface area contributed by atoms with E-state index in [9.17, 15) is 19.1 Å². The molecule has 0 radical (unpaired) electrons. The zero-order chi connectivity index (χ0) is 20.5. The van der Waals surface area contributed by atoms with Gasteiger partial charge in [0.1, 0.15) is 11.6 Å². The van der Waals surface area contributed by atoms with Gasteiger partial charge in [0, 0.05) is 29.3 Å². The maximum atomic E-state index is 14.7. The predicted octanol–water partition coefficient (Wildman–Crippen LogP) is 4.08. The summed E-state index contributed by atoms with van der Waals surface area (Å²) in [6, 6.07) is 11.1. The summed E-state index contributed by atoms with van der Waals surface area (Å²) in [5.41, 5.74) is 0.339. The number of ether oxygens (including phenoxy) is 1. The van der Waals surface area contributed by atoms with Gasteiger partial charge >= 0.3 is 0 Å². The molecule has 2 saturated heterocycles. The molecular formula is C22H19ClFNO4. The Kier molecular flexibility index (Phi) is 5.39. The third-order valence-corrected chi connectivity index (χ3v) is 5.53. The molecule has 2 unspecified atom stereocenters. The van der Waals surface area contributed by atoms with E-state index >= 15 is 0 Å². The Balaban J connectivity index is 1.84. The van der Waals surface area contributed by atoms with Gasteiger partial charge in [-0.05, 0) is 43.2 Å². The molecule has 2 aliphatic rings. The third-order valence-electron chi connectivity index (χ3n) is 5.28. The van der Waals surface area contributed by atoms with E-state index < -0.39 is 23.5 Å². The van der Waals surface area contributed by atoms with Crippen LogP contribution in [0.15, 0.2) is 54.1 Å². The van der Waals surface area contributed by atoms with Crippen molar-refractivity contribution in [2.24, 2.45) is 0 Å². The van der Waals surface area contributed by atoms with Gasteiger partial charge in [-0.2, -0.15) is 0 Å². The minimum atomic E-state index is -1.03. The second-order valence-corrected chi connectivity index (χ2v) is 7.55. The highest BCUT2D eigenvalue weighted by molar-refractivity contribution is 6.46. The van der Waals surface area contributed by atoms with Crippen LogP contribution in [0.4, 0.5) is 4.39 Å². The van der Waals surface area contributed by atoms with Crippen molar-refractivity contribution in [2.45, 2.75) is 25.0 Å². The molecule has 29 heavy (non-hydrogen) atoms. The quantitative estimate of drug-likeness (QED) is 0.464. The molecule has 0 aromatic heterocycles. The van der Waals surface area contributed by atoms with Crippen molar-refractivity contribution in [1.82, 2.24) is 4.90 Å². The van der Waals surface area contributed by atoms with Crippen molar-refractivity contribution in [2.75, 3.05) is 13.2 Å². The lowest BCUT2D eigenvalue weighted by atomic mass is 9.95. The fourth-order valence-electron chi connectivity index (χ4n) is 3.86. The van der Waals surface area contributed by atoms with E-state index in [-0.39, 0.29) is 29.5 Å². The van der Waals surface area contributed by atoms with Crippen molar-refractivity contribution in [1.29, 1.82) is 0 Å². The topological polar surface area (TPSA) is 66.8 Å². The number of carbonyl (C=O) groups is 2. The molecule has 0 bridgehead atoms. The van der Waals surface area contributed by atoms with Crippen LogP contribution in [0.3, 0.4) is 0 Å². The van der Waals surface area contributed by atoms with Gasteiger partial charge in [0.25, 0.3) is 11.7 Å². The Morgan fingerprint density at radius 2 is 1.90 bits per heavy atom. The van der Waals surface area contributed by atoms with Gasteiger partial charge in [0.05, 0.1) is 17.7 Å². The number of Topliss-reactive ketones (excluding diaryl/α,β-unsaturated/α-hetero) is 1. The molecule has 2 heterocycles. The number of halogens is 2. The summed E-state index contributed by atoms with van der Waals surface area (Å²) < 4.78 is 20.3. The maximum Gasteiger partial charge on any atom is 0.295 e. The minimum absolute atomic E-state index is 0.139. The average Bonchev–Trinajstić information content (AvgIpc) is 3.31. The molecule has 2 aromatic rings. The maximum absolute atomic E-state index is 14.7. The molecule has 0 spiro atoms. The lowest BCUT2D eigenvalue weighted by molar-refractivity contribution is -0.140. The number of likely N-dealkylation sites (tertiary alicyclic amines) is 1. The first kappa shape index (κ1) is 19.6. The van der Waals surface area contributed by atoms with Crippen molar-refractivity contribution in [3.63, 3.8) is 0 Å². The molecule has 0 saturated carbocycles. The standard InChI is InChI=1S/C22H19ClFNO4/c23-14-9-7-13(8-10-14)20(26)18-19(16-5-1-2-6-17(16)24)25(22(28)21(18)27)12-15-4-3-11-29-15/h1-2,5-10,15,19,26H,3-4,11-12H2/b20-18-. The Hall–Kier alpha value is -2.70. The van der Waals surface area contributed by atoms with E-state index in [0.29, 0.717) is 17.2 Å². The van der Waals surface area contributed by atoms with Crippen LogP contribution >= 0.6 is 11.6 Å². The summed E-state index contributed by atoms with van der Waals surface area (Å²) in [6.07, 6.45) is 1.39. The molecule has 2 fully saturated rings. The van der Waals surface area contributed by atoms with Crippen LogP contribution in [-0.2, 0) is 14.3 Å². The van der Waals surface area contributed by atoms with Crippen LogP contribution in [0.5, 0.6) is 0 Å². The second kappa shape index (κ2) is 7.97. The van der Waals surface area contributed by atoms with Crippen molar-refractivity contribution in [3.05, 3.63) is 76.1 Å². The molecule has 1 amide bonds. The molecule has 1 N–H and O–H groups in total. The number of hydrogen-bond donors (Lipinski definition) is 1. The number of amides is 1. The Bertz CT molecular complexity index is 983. The number of ketones is 1. The van der Waals surface area contributed by atoms with Crippen molar-refractivity contribution < 1.29 is 23.8 Å². The SMILES string of the molecule is O=C1C(=O)N(CC2CCCO2)C(c2ccccc2F)/C1=C(/O)c1ccc(Cl)cc1. The fourth-order valence-corrected chi connectivity index (χ4v) is 3.99. The van der Waals surface area contributed by atoms with Crippen LogP contribution < -0.4 is 0 Å². The molecule has 2 atom stereocenters. The third kappa shape index (κ3) is 3.66. The van der Waals surface area contributed by atoms with Crippen LogP contribution in [0.2, 0.25) is 5.02 Å². The molecule has 7 heteroatoms. The second-order valence-electron chi connectivity index (χ2n) is 7.11. The summed E-state index contributed by atoms with van der Waals surface area (Å²) in [5.74, 6) is -2.53. The van der Waals surface area contributed by atoms with Gasteiger partial charge in [-0.25, -0.2) is 4.39 Å². The van der Waals surface area contributed by atoms with E-state index in [1.807, 2.05) is 0 Å². The first-order valence-electron chi connectivity index (χ1n) is 9.37. The number of benzene rings is 2. The van der Waals surface area contributed by atoms with Gasteiger partial charge in [-0.15, -0.1) is 0 Å². The molecule has 150 valence electrons. The van der Waals surface area contributed by atoms with Crippen molar-refractivity contribution in [3.8, 4) is 0 Å². The smallest absolute Gasteiger partial charge is 0.295 e. The monoisotopic (exact) mass is 415 g/mol. The highest BCUT2D eigenvalue weighted by Gasteiger charge is 2.47. The van der Waals surface area contributed by atoms with Crippen LogP contribution in [0, 0.1) is 5.82 Å². The summed E-state index contributed by atoms with van der Waals surface area (Å²) in [6.45, 7) is 0.741. The van der Waals surface area contributed by atoms with Gasteiger partial charge in [-0.1, -0.05) is 29.8 Å². The Morgan fingerprint density at radius 1 is 1.17 bits per heavy atom. The lowest BCUT2D eigenvalue weighted by Gasteiger charge is -2.27. The minimum Gasteiger partial charge on any atom is -0.507 e. The van der Waals surface area contributed by atoms with Crippen LogP contribution in [-0.4, -0.2) is 41.0 Å². The Morgan fingerprint density at radius 3 is 2.55 bits per heavy atom. The summed E-state index contributed by atoms with van der Waals surface area (Å²) >= 11 is 5.90. The van der Waals surface area contributed by atoms with E-state index in [1.165, 1.54) is 23.1 Å². The number of aliphatic hydroxyl groups excluding tert-OH is 1. The predicted molar refractivity (Wildman–Crippen MR) is 106 cm³/mol. The number of nitrogens with zero attached hydrogens (tertiary/aromatic N) is 1. The summed E-state index contributed by atoms with van der Waals surface area (Å²) in [4.78, 5) is 27.0. The first-order valence-corrected chi connectivity index (χ1v) is 9.75. The fraction of sp³-hybridized carbons (Fsp3) is 0.273. The number of rotatable bonds is 4. The molecule has 2 aromatic carbocycles. The molecule has 0 aliphatic carbocycles. The van der Waals surface area contributed by atoms with E-state index in [4.69, 9.17) is 16.3 Å². The van der Waals surface area contributed by atoms with E-state index in [2.05, 4.69) is 0 Å². The van der Waals surface area contributed by atoms with Crippen LogP contribution in [0.1, 0.15) is 30.0 Å². The highest BCUT2D eigenvalue weighted by Crippen LogP contribution is 2.41. The number of hydrogen-bond acceptors (Lipinski definition) is 4. The normalized spacial score (nSPS) is 23.7. The first-order chi connectivity index (χ1) is 14.0. The summed E-state index contributed by atoms with van der Waals surface area (Å²) in [7, 11) is 0.